The molecule has 1 amide bonds. The molecule has 0 saturated heterocycles. The van der Waals surface area contributed by atoms with E-state index in [0.29, 0.717) is 4.05 Å². The fourth-order valence-corrected chi connectivity index (χ4v) is 7.64. The van der Waals surface area contributed by atoms with Gasteiger partial charge in [-0.15, -0.1) is 0 Å². The van der Waals surface area contributed by atoms with Crippen molar-refractivity contribution < 1.29 is 26.0 Å². The first-order valence-corrected chi connectivity index (χ1v) is 13.0. The van der Waals surface area contributed by atoms with Crippen molar-refractivity contribution in [3.8, 4) is 0 Å². The second-order valence-electron chi connectivity index (χ2n) is 6.92. The molecule has 3 heterocycles. The number of fused-ring (bicyclic) bond motifs is 2. The summed E-state index contributed by atoms with van der Waals surface area (Å²) in [6.45, 7) is 4.18. The normalized spacial score (nSPS) is 15.9. The van der Waals surface area contributed by atoms with E-state index in [1.165, 1.54) is 11.1 Å². The first-order valence-electron chi connectivity index (χ1n) is 9.45. The molecule has 3 aromatic rings. The van der Waals surface area contributed by atoms with Gasteiger partial charge in [0.15, 0.2) is 0 Å². The molecule has 0 bridgehead atoms. The van der Waals surface area contributed by atoms with Crippen LogP contribution in [0.5, 0.6) is 0 Å². The number of benzene rings is 1. The number of pyridine rings is 1. The van der Waals surface area contributed by atoms with Crippen LogP contribution in [0.2, 0.25) is 0 Å². The van der Waals surface area contributed by atoms with E-state index >= 15 is 0 Å². The van der Waals surface area contributed by atoms with Crippen LogP contribution < -0.4 is 37.6 Å². The molecule has 1 atom stereocenters. The molecule has 2 aromatic heterocycles. The van der Waals surface area contributed by atoms with Crippen LogP contribution in [0, 0.1) is 6.92 Å². The van der Waals surface area contributed by atoms with Gasteiger partial charge >= 0.3 is 189 Å². The summed E-state index contributed by atoms with van der Waals surface area (Å²) in [6.07, 6.45) is 1.06. The van der Waals surface area contributed by atoms with Crippen molar-refractivity contribution in [2.24, 2.45) is 0 Å². The summed E-state index contributed by atoms with van der Waals surface area (Å²) in [6, 6.07) is 8.56. The Hall–Kier alpha value is -1.56. The Morgan fingerprint density at radius 3 is 2.93 bits per heavy atom. The van der Waals surface area contributed by atoms with E-state index in [1.807, 2.05) is 13.0 Å². The molecule has 0 saturated carbocycles. The van der Waals surface area contributed by atoms with Gasteiger partial charge in [-0.3, -0.25) is 0 Å². The average molecular weight is 570 g/mol. The first-order chi connectivity index (χ1) is 14.0. The second kappa shape index (κ2) is 8.66. The standard InChI is InChI=1S/C20H23BrIN6O/c1-4-16-25-18-11(2)7-14(9-17(29)26-27-23-3)24-20(18)28(16)19-15-6-5-13(21)8-12(15)10-22-19/h5-8,19,23,27H,4,9-10H2,1-3H3,(H,26,29)/q-1/t19-/m1/s1. The summed E-state index contributed by atoms with van der Waals surface area (Å²) >= 11 is 3.50. The number of hydrogen-bond acceptors (Lipinski definition) is 5. The van der Waals surface area contributed by atoms with Crippen molar-refractivity contribution in [3.05, 3.63) is 56.9 Å². The maximum atomic E-state index is 12.1. The van der Waals surface area contributed by atoms with Gasteiger partial charge in [-0.25, -0.2) is 0 Å². The Kier molecular flexibility index (Phi) is 6.19. The van der Waals surface area contributed by atoms with E-state index in [1.54, 1.807) is 7.05 Å². The molecule has 29 heavy (non-hydrogen) atoms. The Bertz CT molecular complexity index is 1080. The number of alkyl halides is 2. The number of rotatable bonds is 6. The molecular formula is C20H23BrIN6O-. The number of halogens is 2. The van der Waals surface area contributed by atoms with Crippen LogP contribution in [-0.4, -0.2) is 27.5 Å². The number of carbonyl (C=O) groups is 1. The number of nitrogens with one attached hydrogen (secondary N) is 3. The van der Waals surface area contributed by atoms with Crippen LogP contribution in [0.1, 0.15) is 39.2 Å². The molecule has 3 N–H and O–H groups in total. The molecule has 7 nitrogen and oxygen atoms in total. The molecule has 1 aliphatic rings. The number of carbonyl (C=O) groups excluding carboxylic acids is 1. The molecule has 0 aliphatic carbocycles. The van der Waals surface area contributed by atoms with Crippen molar-refractivity contribution in [1.29, 1.82) is 0 Å². The van der Waals surface area contributed by atoms with Gasteiger partial charge in [-0.1, -0.05) is 0 Å². The molecule has 1 aliphatic heterocycles. The van der Waals surface area contributed by atoms with Crippen molar-refractivity contribution in [2.45, 2.75) is 35.2 Å². The zero-order chi connectivity index (χ0) is 20.5. The van der Waals surface area contributed by atoms with Crippen LogP contribution in [0.3, 0.4) is 0 Å². The van der Waals surface area contributed by atoms with Gasteiger partial charge in [-0.05, 0) is 0 Å². The third kappa shape index (κ3) is 4.05. The molecule has 154 valence electrons. The second-order valence-corrected chi connectivity index (χ2v) is 10.7. The zero-order valence-electron chi connectivity index (χ0n) is 16.5. The number of imidazole rings is 1. The van der Waals surface area contributed by atoms with E-state index in [9.17, 15) is 4.79 Å². The average Bonchev–Trinajstić information content (AvgIpc) is 3.26. The fourth-order valence-electron chi connectivity index (χ4n) is 3.62. The fraction of sp³-hybridized carbons (Fsp3) is 0.350. The monoisotopic (exact) mass is 569 g/mol. The molecule has 0 unspecified atom stereocenters. The molecule has 9 heteroatoms. The Labute approximate surface area is 188 Å². The summed E-state index contributed by atoms with van der Waals surface area (Å²) in [5, 5.41) is 0. The predicted octanol–water partition coefficient (Wildman–Crippen LogP) is -0.488. The van der Waals surface area contributed by atoms with E-state index in [-0.39, 0.29) is 33.5 Å². The van der Waals surface area contributed by atoms with Crippen LogP contribution in [0.25, 0.3) is 11.2 Å². The van der Waals surface area contributed by atoms with Crippen molar-refractivity contribution in [2.75, 3.05) is 7.05 Å². The van der Waals surface area contributed by atoms with Gasteiger partial charge in [0, 0.05) is 0 Å². The number of aromatic nitrogens is 3. The quantitative estimate of drug-likeness (QED) is 0.212. The molecule has 0 fully saturated rings. The van der Waals surface area contributed by atoms with E-state index < -0.39 is 0 Å². The molecular weight excluding hydrogens is 547 g/mol. The Morgan fingerprint density at radius 1 is 1.34 bits per heavy atom. The van der Waals surface area contributed by atoms with Gasteiger partial charge in [0.1, 0.15) is 0 Å². The van der Waals surface area contributed by atoms with Gasteiger partial charge in [0.25, 0.3) is 0 Å². The number of nitrogens with zero attached hydrogens (tertiary/aromatic N) is 3. The van der Waals surface area contributed by atoms with E-state index in [0.717, 1.165) is 43.6 Å². The van der Waals surface area contributed by atoms with Crippen molar-refractivity contribution in [3.63, 3.8) is 0 Å². The third-order valence-electron chi connectivity index (χ3n) is 4.91. The SMILES string of the molecule is CCc1nc2c(C)cc(CC(=O)NNNC)nc2n1[C@H]1[I-]Cc2cc(Br)ccc21. The van der Waals surface area contributed by atoms with Gasteiger partial charge in [0.2, 0.25) is 0 Å². The molecule has 0 radical (unpaired) electrons. The number of amides is 1. The topological polar surface area (TPSA) is 83.9 Å². The number of hydrogen-bond donors (Lipinski definition) is 3. The molecule has 1 aromatic carbocycles. The summed E-state index contributed by atoms with van der Waals surface area (Å²) in [5.41, 5.74) is 14.3. The number of aryl methyl sites for hydroxylation is 2. The van der Waals surface area contributed by atoms with Gasteiger partial charge in [-0.2, -0.15) is 0 Å². The third-order valence-corrected chi connectivity index (χ3v) is 8.72. The Balaban J connectivity index is 1.79. The van der Waals surface area contributed by atoms with E-state index in [2.05, 4.69) is 62.0 Å². The minimum absolute atomic E-state index is 0.0974. The number of hydrazine groups is 2. The summed E-state index contributed by atoms with van der Waals surface area (Å²) in [7, 11) is 1.70. The van der Waals surface area contributed by atoms with Crippen LogP contribution in [0.4, 0.5) is 0 Å². The first kappa shape index (κ1) is 20.7. The summed E-state index contributed by atoms with van der Waals surface area (Å²) in [4.78, 5) is 22.0. The van der Waals surface area contributed by atoms with Gasteiger partial charge in [0.05, 0.1) is 0 Å². The van der Waals surface area contributed by atoms with Crippen LogP contribution in [-0.2, 0) is 22.1 Å². The van der Waals surface area contributed by atoms with Crippen molar-refractivity contribution in [1.82, 2.24) is 30.9 Å². The maximum absolute atomic E-state index is 12.1. The summed E-state index contributed by atoms with van der Waals surface area (Å²) in [5.74, 6) is 0.922. The summed E-state index contributed by atoms with van der Waals surface area (Å²) < 4.78 is 4.95. The van der Waals surface area contributed by atoms with E-state index in [4.69, 9.17) is 9.97 Å². The Morgan fingerprint density at radius 2 is 2.17 bits per heavy atom. The van der Waals surface area contributed by atoms with Crippen LogP contribution >= 0.6 is 15.9 Å². The molecule has 0 spiro atoms. The zero-order valence-corrected chi connectivity index (χ0v) is 20.3. The van der Waals surface area contributed by atoms with Crippen molar-refractivity contribution >= 4 is 33.0 Å². The predicted molar refractivity (Wildman–Crippen MR) is 112 cm³/mol. The van der Waals surface area contributed by atoms with Gasteiger partial charge < -0.3 is 0 Å². The van der Waals surface area contributed by atoms with Crippen LogP contribution in [0.15, 0.2) is 28.7 Å². The minimum atomic E-state index is -0.143. The molecule has 4 rings (SSSR count).